The van der Waals surface area contributed by atoms with Crippen LogP contribution in [0, 0.1) is 5.41 Å². The second-order valence-electron chi connectivity index (χ2n) is 8.43. The predicted molar refractivity (Wildman–Crippen MR) is 112 cm³/mol. The highest BCUT2D eigenvalue weighted by Crippen LogP contribution is 2.33. The molecule has 1 rings (SSSR count). The monoisotopic (exact) mass is 367 g/mol. The zero-order valence-corrected chi connectivity index (χ0v) is 18.2. The van der Waals surface area contributed by atoms with Crippen molar-refractivity contribution < 1.29 is 15.0 Å². The Labute approximate surface area is 161 Å². The molecule has 1 aliphatic rings. The van der Waals surface area contributed by atoms with E-state index in [1.54, 1.807) is 20.8 Å². The molecule has 1 saturated heterocycles. The zero-order valence-electron chi connectivity index (χ0n) is 18.2. The third-order valence-corrected chi connectivity index (χ3v) is 3.96. The Morgan fingerprint density at radius 2 is 1.62 bits per heavy atom. The standard InChI is InChI=1S/C17H29N.C4H10O.CH2O2/c1-7-9-16(15(8-2)14(3)4)18-12-10-17(5,6)11-13-18;1-4(2,3)5;2-1-3/h7,9H,3,8,10-13H2,1-2,4-6H3;5H,1-3H3;1H,(H,2,3)/b9-7-,16-15+;;. The van der Waals surface area contributed by atoms with Gasteiger partial charge in [0.2, 0.25) is 0 Å². The summed E-state index contributed by atoms with van der Waals surface area (Å²) in [5, 5.41) is 15.4. The first-order valence-corrected chi connectivity index (χ1v) is 9.39. The maximum atomic E-state index is 8.52. The molecule has 0 unspecified atom stereocenters. The summed E-state index contributed by atoms with van der Waals surface area (Å²) >= 11 is 0. The van der Waals surface area contributed by atoms with E-state index >= 15 is 0 Å². The van der Waals surface area contributed by atoms with Crippen molar-refractivity contribution in [3.63, 3.8) is 0 Å². The average Bonchev–Trinajstić information content (AvgIpc) is 2.46. The van der Waals surface area contributed by atoms with Crippen LogP contribution in [0.15, 0.2) is 35.6 Å². The number of likely N-dealkylation sites (tertiary alicyclic amines) is 1. The van der Waals surface area contributed by atoms with Crippen LogP contribution >= 0.6 is 0 Å². The van der Waals surface area contributed by atoms with Crippen LogP contribution in [-0.4, -0.2) is 40.3 Å². The molecular weight excluding hydrogens is 326 g/mol. The Kier molecular flexibility index (Phi) is 13.1. The number of rotatable bonds is 4. The Morgan fingerprint density at radius 3 is 1.88 bits per heavy atom. The highest BCUT2D eigenvalue weighted by Gasteiger charge is 2.26. The Bertz CT molecular complexity index is 466. The SMILES string of the molecule is C=C(C)/C(CC)=C(\C=C/C)N1CCC(C)(C)CC1.CC(C)(C)O.O=CO. The van der Waals surface area contributed by atoms with Crippen molar-refractivity contribution >= 4 is 6.47 Å². The van der Waals surface area contributed by atoms with Crippen molar-refractivity contribution in [2.24, 2.45) is 5.41 Å². The van der Waals surface area contributed by atoms with Crippen LogP contribution in [0.25, 0.3) is 0 Å². The Balaban J connectivity index is 0. The molecule has 1 heterocycles. The maximum Gasteiger partial charge on any atom is 0.290 e. The lowest BCUT2D eigenvalue weighted by molar-refractivity contribution is -0.122. The van der Waals surface area contributed by atoms with Gasteiger partial charge in [0.15, 0.2) is 0 Å². The van der Waals surface area contributed by atoms with Crippen LogP contribution < -0.4 is 0 Å². The number of nitrogens with zero attached hydrogens (tertiary/aromatic N) is 1. The lowest BCUT2D eigenvalue weighted by Gasteiger charge is -2.39. The fourth-order valence-electron chi connectivity index (χ4n) is 2.61. The smallest absolute Gasteiger partial charge is 0.290 e. The first-order chi connectivity index (χ1) is 11.8. The molecule has 0 atom stereocenters. The fraction of sp³-hybridized carbons (Fsp3) is 0.682. The van der Waals surface area contributed by atoms with Crippen molar-refractivity contribution in [1.29, 1.82) is 0 Å². The molecule has 4 heteroatoms. The van der Waals surface area contributed by atoms with Gasteiger partial charge in [-0.15, -0.1) is 0 Å². The molecule has 0 aromatic carbocycles. The lowest BCUT2D eigenvalue weighted by Crippen LogP contribution is -2.36. The molecule has 152 valence electrons. The highest BCUT2D eigenvalue weighted by molar-refractivity contribution is 5.37. The van der Waals surface area contributed by atoms with Crippen LogP contribution in [-0.2, 0) is 4.79 Å². The normalized spacial score (nSPS) is 17.3. The first kappa shape index (κ1) is 26.7. The lowest BCUT2D eigenvalue weighted by atomic mass is 9.82. The molecule has 0 saturated carbocycles. The summed E-state index contributed by atoms with van der Waals surface area (Å²) in [7, 11) is 0. The van der Waals surface area contributed by atoms with Crippen LogP contribution in [0.4, 0.5) is 0 Å². The van der Waals surface area contributed by atoms with Gasteiger partial charge in [0.05, 0.1) is 5.60 Å². The molecule has 1 fully saturated rings. The molecule has 1 aliphatic heterocycles. The predicted octanol–water partition coefficient (Wildman–Crippen LogP) is 5.40. The van der Waals surface area contributed by atoms with E-state index in [1.807, 2.05) is 0 Å². The van der Waals surface area contributed by atoms with Gasteiger partial charge in [-0.05, 0) is 70.9 Å². The largest absolute Gasteiger partial charge is 0.483 e. The second-order valence-corrected chi connectivity index (χ2v) is 8.43. The van der Waals surface area contributed by atoms with Gasteiger partial charge >= 0.3 is 0 Å². The van der Waals surface area contributed by atoms with Crippen molar-refractivity contribution in [1.82, 2.24) is 4.90 Å². The molecular formula is C22H41NO3. The molecule has 4 nitrogen and oxygen atoms in total. The van der Waals surface area contributed by atoms with Crippen LogP contribution in [0.5, 0.6) is 0 Å². The van der Waals surface area contributed by atoms with Gasteiger partial charge in [0.1, 0.15) is 0 Å². The molecule has 0 bridgehead atoms. The van der Waals surface area contributed by atoms with Gasteiger partial charge in [-0.1, -0.05) is 39.0 Å². The molecule has 2 N–H and O–H groups in total. The number of piperidine rings is 1. The third kappa shape index (κ3) is 13.7. The van der Waals surface area contributed by atoms with Gasteiger partial charge in [-0.25, -0.2) is 0 Å². The zero-order chi connectivity index (χ0) is 21.0. The van der Waals surface area contributed by atoms with Gasteiger partial charge < -0.3 is 15.1 Å². The van der Waals surface area contributed by atoms with E-state index in [2.05, 4.69) is 58.2 Å². The van der Waals surface area contributed by atoms with Crippen molar-refractivity contribution in [2.75, 3.05) is 13.1 Å². The number of hydrogen-bond acceptors (Lipinski definition) is 3. The fourth-order valence-corrected chi connectivity index (χ4v) is 2.61. The first-order valence-electron chi connectivity index (χ1n) is 9.39. The molecule has 0 spiro atoms. The minimum absolute atomic E-state index is 0.250. The summed E-state index contributed by atoms with van der Waals surface area (Å²) in [5.74, 6) is 0. The van der Waals surface area contributed by atoms with Gasteiger partial charge in [-0.2, -0.15) is 0 Å². The Morgan fingerprint density at radius 1 is 1.23 bits per heavy atom. The van der Waals surface area contributed by atoms with E-state index < -0.39 is 5.60 Å². The topological polar surface area (TPSA) is 60.8 Å². The minimum Gasteiger partial charge on any atom is -0.483 e. The Hall–Kier alpha value is -1.55. The molecule has 0 aromatic heterocycles. The van der Waals surface area contributed by atoms with Gasteiger partial charge in [0.25, 0.3) is 6.47 Å². The van der Waals surface area contributed by atoms with E-state index in [9.17, 15) is 0 Å². The second kappa shape index (κ2) is 12.7. The number of hydrogen-bond donors (Lipinski definition) is 2. The molecule has 26 heavy (non-hydrogen) atoms. The van der Waals surface area contributed by atoms with Crippen LogP contribution in [0.2, 0.25) is 0 Å². The highest BCUT2D eigenvalue weighted by atomic mass is 16.3. The number of aliphatic hydroxyl groups is 1. The van der Waals surface area contributed by atoms with E-state index in [-0.39, 0.29) is 6.47 Å². The number of allylic oxidation sites excluding steroid dienone is 4. The van der Waals surface area contributed by atoms with Crippen molar-refractivity contribution in [2.45, 2.75) is 80.3 Å². The molecule has 0 aromatic rings. The molecule has 0 aliphatic carbocycles. The van der Waals surface area contributed by atoms with Gasteiger partial charge in [0, 0.05) is 18.8 Å². The minimum atomic E-state index is -0.500. The summed E-state index contributed by atoms with van der Waals surface area (Å²) in [4.78, 5) is 10.9. The van der Waals surface area contributed by atoms with Gasteiger partial charge in [-0.3, -0.25) is 4.79 Å². The van der Waals surface area contributed by atoms with E-state index in [1.165, 1.54) is 42.8 Å². The quantitative estimate of drug-likeness (QED) is 0.516. The van der Waals surface area contributed by atoms with E-state index in [0.29, 0.717) is 5.41 Å². The van der Waals surface area contributed by atoms with Crippen LogP contribution in [0.1, 0.15) is 74.7 Å². The van der Waals surface area contributed by atoms with Crippen LogP contribution in [0.3, 0.4) is 0 Å². The average molecular weight is 368 g/mol. The third-order valence-electron chi connectivity index (χ3n) is 3.96. The summed E-state index contributed by atoms with van der Waals surface area (Å²) < 4.78 is 0. The molecule has 0 radical (unpaired) electrons. The summed E-state index contributed by atoms with van der Waals surface area (Å²) in [6.07, 6.45) is 8.02. The summed E-state index contributed by atoms with van der Waals surface area (Å²) in [6, 6.07) is 0. The molecule has 0 amide bonds. The van der Waals surface area contributed by atoms with E-state index in [0.717, 1.165) is 6.42 Å². The summed E-state index contributed by atoms with van der Waals surface area (Å²) in [6.45, 7) is 22.7. The number of carbonyl (C=O) groups is 1. The van der Waals surface area contributed by atoms with Crippen molar-refractivity contribution in [3.8, 4) is 0 Å². The maximum absolute atomic E-state index is 8.52. The van der Waals surface area contributed by atoms with E-state index in [4.69, 9.17) is 15.0 Å². The van der Waals surface area contributed by atoms with Crippen molar-refractivity contribution in [3.05, 3.63) is 35.6 Å². The summed E-state index contributed by atoms with van der Waals surface area (Å²) in [5.41, 5.74) is 4.01. The number of carboxylic acid groups (broad SMARTS) is 1.